The average molecular weight is 516 g/mol. The molecule has 2 N–H and O–H groups in total. The fraction of sp³-hybridized carbons (Fsp3) is 0.321. The predicted octanol–water partition coefficient (Wildman–Crippen LogP) is 4.54. The van der Waals surface area contributed by atoms with Crippen molar-refractivity contribution in [3.63, 3.8) is 0 Å². The molecule has 38 heavy (non-hydrogen) atoms. The van der Waals surface area contributed by atoms with Crippen LogP contribution in [0, 0.1) is 12.7 Å². The number of amides is 1. The first-order valence-electron chi connectivity index (χ1n) is 12.9. The largest absolute Gasteiger partial charge is 0.435 e. The molecule has 0 bridgehead atoms. The summed E-state index contributed by atoms with van der Waals surface area (Å²) in [6.45, 7) is 7.06. The minimum absolute atomic E-state index is 0.00382. The number of piperazine rings is 1. The molecule has 10 heteroatoms. The van der Waals surface area contributed by atoms with E-state index in [1.165, 1.54) is 6.33 Å². The van der Waals surface area contributed by atoms with Crippen molar-refractivity contribution in [1.82, 2.24) is 24.8 Å². The first kappa shape index (κ1) is 24.2. The van der Waals surface area contributed by atoms with Gasteiger partial charge in [0, 0.05) is 67.2 Å². The van der Waals surface area contributed by atoms with E-state index in [0.29, 0.717) is 29.8 Å². The molecule has 2 aliphatic heterocycles. The van der Waals surface area contributed by atoms with E-state index in [0.717, 1.165) is 49.7 Å². The smallest absolute Gasteiger partial charge is 0.263 e. The van der Waals surface area contributed by atoms with Gasteiger partial charge in [-0.25, -0.2) is 14.4 Å². The Hall–Kier alpha value is -4.18. The first-order valence-corrected chi connectivity index (χ1v) is 12.9. The molecule has 0 saturated carbocycles. The van der Waals surface area contributed by atoms with Crippen molar-refractivity contribution in [2.75, 3.05) is 56.5 Å². The number of halogens is 1. The average Bonchev–Trinajstić information content (AvgIpc) is 3.26. The number of anilines is 3. The number of ether oxygens (including phenoxy) is 1. The van der Waals surface area contributed by atoms with Crippen LogP contribution in [0.15, 0.2) is 48.8 Å². The number of rotatable bonds is 6. The predicted molar refractivity (Wildman–Crippen MR) is 145 cm³/mol. The molecule has 1 amide bonds. The topological polar surface area (TPSA) is 89.6 Å². The Morgan fingerprint density at radius 1 is 1.05 bits per heavy atom. The quantitative estimate of drug-likeness (QED) is 0.390. The molecule has 0 spiro atoms. The highest BCUT2D eigenvalue weighted by Crippen LogP contribution is 2.35. The maximum absolute atomic E-state index is 15.3. The van der Waals surface area contributed by atoms with Crippen LogP contribution in [0.1, 0.15) is 22.5 Å². The van der Waals surface area contributed by atoms with Gasteiger partial charge in [0.15, 0.2) is 17.4 Å². The second kappa shape index (κ2) is 9.94. The Balaban J connectivity index is 1.34. The van der Waals surface area contributed by atoms with E-state index in [4.69, 9.17) is 4.74 Å². The molecule has 0 aliphatic carbocycles. The molecule has 2 saturated heterocycles. The normalized spacial score (nSPS) is 16.0. The lowest BCUT2D eigenvalue weighted by molar-refractivity contribution is 0.0649. The van der Waals surface area contributed by atoms with Crippen molar-refractivity contribution in [2.24, 2.45) is 0 Å². The highest BCUT2D eigenvalue weighted by Gasteiger charge is 2.30. The number of likely N-dealkylation sites (tertiary alicyclic amines) is 1. The number of H-pyrrole nitrogens is 1. The van der Waals surface area contributed by atoms with Gasteiger partial charge in [0.2, 0.25) is 5.88 Å². The van der Waals surface area contributed by atoms with Gasteiger partial charge < -0.3 is 29.7 Å². The monoisotopic (exact) mass is 515 g/mol. The standard InChI is InChI=1S/C28H30FN7O2/c1-18-15-21-22(32-18)7-8-23(25(21)29)38-27-24(28(37)36-9-4-10-36)26(30-17-31-27)33-19-5-3-6-20(16-19)35-13-11-34(2)12-14-35/h3,5-8,15-17,32H,4,9-14H2,1-2H3,(H,30,31,33). The SMILES string of the molecule is Cc1cc2c(F)c(Oc3ncnc(Nc4cccc(N5CCN(C)CC5)c4)c3C(=O)N3CCC3)ccc2[nH]1. The highest BCUT2D eigenvalue weighted by molar-refractivity contribution is 6.02. The van der Waals surface area contributed by atoms with Crippen LogP contribution in [0.25, 0.3) is 10.9 Å². The number of benzene rings is 2. The summed E-state index contributed by atoms with van der Waals surface area (Å²) in [7, 11) is 2.13. The number of nitrogens with one attached hydrogen (secondary N) is 2. The van der Waals surface area contributed by atoms with Crippen LogP contribution in [0.5, 0.6) is 11.6 Å². The molecule has 4 heterocycles. The maximum Gasteiger partial charge on any atom is 0.263 e. The summed E-state index contributed by atoms with van der Waals surface area (Å²) in [5.74, 6) is -0.428. The van der Waals surface area contributed by atoms with Gasteiger partial charge in [0.1, 0.15) is 11.9 Å². The second-order valence-electron chi connectivity index (χ2n) is 9.91. The minimum Gasteiger partial charge on any atom is -0.435 e. The van der Waals surface area contributed by atoms with Gasteiger partial charge in [-0.3, -0.25) is 4.79 Å². The van der Waals surface area contributed by atoms with Gasteiger partial charge >= 0.3 is 0 Å². The molecule has 2 aromatic heterocycles. The molecule has 9 nitrogen and oxygen atoms in total. The van der Waals surface area contributed by atoms with Crippen LogP contribution in [0.4, 0.5) is 21.6 Å². The third-order valence-electron chi connectivity index (χ3n) is 7.19. The molecular formula is C28H30FN7O2. The minimum atomic E-state index is -0.512. The highest BCUT2D eigenvalue weighted by atomic mass is 19.1. The van der Waals surface area contributed by atoms with Crippen molar-refractivity contribution in [3.05, 3.63) is 65.9 Å². The summed E-state index contributed by atoms with van der Waals surface area (Å²) in [4.78, 5) is 31.6. The van der Waals surface area contributed by atoms with Gasteiger partial charge in [-0.2, -0.15) is 0 Å². The van der Waals surface area contributed by atoms with E-state index in [1.54, 1.807) is 23.1 Å². The summed E-state index contributed by atoms with van der Waals surface area (Å²) in [5, 5.41) is 3.72. The van der Waals surface area contributed by atoms with E-state index in [1.807, 2.05) is 25.1 Å². The molecule has 0 radical (unpaired) electrons. The van der Waals surface area contributed by atoms with Gasteiger partial charge in [0.05, 0.1) is 0 Å². The first-order chi connectivity index (χ1) is 18.5. The number of carbonyl (C=O) groups excluding carboxylic acids is 1. The van der Waals surface area contributed by atoms with Crippen LogP contribution in [0.3, 0.4) is 0 Å². The number of aryl methyl sites for hydroxylation is 1. The summed E-state index contributed by atoms with van der Waals surface area (Å²) < 4.78 is 21.3. The zero-order valence-electron chi connectivity index (χ0n) is 21.5. The summed E-state index contributed by atoms with van der Waals surface area (Å²) in [5.41, 5.74) is 3.59. The molecule has 0 unspecified atom stereocenters. The molecule has 2 aliphatic rings. The maximum atomic E-state index is 15.3. The fourth-order valence-corrected chi connectivity index (χ4v) is 4.86. The number of fused-ring (bicyclic) bond motifs is 1. The van der Waals surface area contributed by atoms with Crippen LogP contribution in [-0.2, 0) is 0 Å². The molecule has 196 valence electrons. The van der Waals surface area contributed by atoms with E-state index < -0.39 is 5.82 Å². The lowest BCUT2D eigenvalue weighted by atomic mass is 10.1. The van der Waals surface area contributed by atoms with Crippen LogP contribution < -0.4 is 15.0 Å². The number of likely N-dealkylation sites (N-methyl/N-ethyl adjacent to an activating group) is 1. The van der Waals surface area contributed by atoms with Crippen molar-refractivity contribution in [3.8, 4) is 11.6 Å². The number of nitrogens with zero attached hydrogens (tertiary/aromatic N) is 5. The number of hydrogen-bond donors (Lipinski definition) is 2. The zero-order valence-corrected chi connectivity index (χ0v) is 21.5. The van der Waals surface area contributed by atoms with Crippen molar-refractivity contribution >= 4 is 34.0 Å². The van der Waals surface area contributed by atoms with Crippen LogP contribution >= 0.6 is 0 Å². The third-order valence-corrected chi connectivity index (χ3v) is 7.19. The molecule has 6 rings (SSSR count). The van der Waals surface area contributed by atoms with Gasteiger partial charge in [0.25, 0.3) is 5.91 Å². The van der Waals surface area contributed by atoms with E-state index in [-0.39, 0.29) is 23.1 Å². The Labute approximate surface area is 220 Å². The number of aromatic amines is 1. The van der Waals surface area contributed by atoms with Gasteiger partial charge in [-0.1, -0.05) is 6.07 Å². The Morgan fingerprint density at radius 2 is 1.87 bits per heavy atom. The van der Waals surface area contributed by atoms with Crippen molar-refractivity contribution in [2.45, 2.75) is 13.3 Å². The van der Waals surface area contributed by atoms with Crippen molar-refractivity contribution in [1.29, 1.82) is 0 Å². The van der Waals surface area contributed by atoms with E-state index in [9.17, 15) is 4.79 Å². The summed E-state index contributed by atoms with van der Waals surface area (Å²) in [6.07, 6.45) is 2.26. The lowest BCUT2D eigenvalue weighted by Gasteiger charge is -2.34. The summed E-state index contributed by atoms with van der Waals surface area (Å²) >= 11 is 0. The van der Waals surface area contributed by atoms with Crippen LogP contribution in [-0.4, -0.2) is 77.0 Å². The fourth-order valence-electron chi connectivity index (χ4n) is 4.86. The second-order valence-corrected chi connectivity index (χ2v) is 9.91. The van der Waals surface area contributed by atoms with Gasteiger partial charge in [-0.05, 0) is 56.8 Å². The van der Waals surface area contributed by atoms with E-state index in [2.05, 4.69) is 43.2 Å². The molecular weight excluding hydrogens is 485 g/mol. The Bertz CT molecular complexity index is 1490. The molecule has 2 fully saturated rings. The summed E-state index contributed by atoms with van der Waals surface area (Å²) in [6, 6.07) is 13.1. The molecule has 4 aromatic rings. The van der Waals surface area contributed by atoms with Gasteiger partial charge in [-0.15, -0.1) is 0 Å². The van der Waals surface area contributed by atoms with Crippen molar-refractivity contribution < 1.29 is 13.9 Å². The third kappa shape index (κ3) is 4.63. The number of hydrogen-bond acceptors (Lipinski definition) is 7. The van der Waals surface area contributed by atoms with E-state index >= 15 is 4.39 Å². The molecule has 0 atom stereocenters. The van der Waals surface area contributed by atoms with Crippen LogP contribution in [0.2, 0.25) is 0 Å². The Morgan fingerprint density at radius 3 is 2.63 bits per heavy atom. The zero-order chi connectivity index (χ0) is 26.2. The number of carbonyl (C=O) groups is 1. The number of aromatic nitrogens is 3. The lowest BCUT2D eigenvalue weighted by Crippen LogP contribution is -2.44. The Kier molecular flexibility index (Phi) is 6.32. The molecule has 2 aromatic carbocycles.